The summed E-state index contributed by atoms with van der Waals surface area (Å²) in [6.45, 7) is 1.94. The largest absolute Gasteiger partial charge is 0.508 e. The number of aromatic hydroxyl groups is 1. The molecule has 2 atom stereocenters. The molecule has 1 aromatic carbocycles. The topological polar surface area (TPSA) is 63.6 Å². The molecule has 0 aromatic heterocycles. The predicted octanol–water partition coefficient (Wildman–Crippen LogP) is 2.28. The zero-order valence-electron chi connectivity index (χ0n) is 11.3. The number of ether oxygens (including phenoxy) is 1. The summed E-state index contributed by atoms with van der Waals surface area (Å²) in [4.78, 5) is 11.4. The van der Waals surface area contributed by atoms with E-state index in [1.54, 1.807) is 24.3 Å². The van der Waals surface area contributed by atoms with Gasteiger partial charge in [0.1, 0.15) is 17.3 Å². The lowest BCUT2D eigenvalue weighted by molar-refractivity contribution is -0.116. The number of carbonyl (C=O) groups excluding carboxylic acids is 1. The standard InChI is InChI=1S/C14H20O4S/c1-11(4-3-5-13(16)10-19(2)17)18-14-8-6-12(15)7-9-14/h6-9,11,15H,3-5,10H2,1-2H3. The molecule has 1 rings (SSSR count). The molecule has 0 heterocycles. The Kier molecular flexibility index (Phi) is 6.56. The first kappa shape index (κ1) is 15.7. The minimum atomic E-state index is -1.05. The van der Waals surface area contributed by atoms with E-state index in [0.717, 1.165) is 12.8 Å². The fourth-order valence-electron chi connectivity index (χ4n) is 1.70. The molecule has 0 aliphatic heterocycles. The van der Waals surface area contributed by atoms with Gasteiger partial charge in [0, 0.05) is 23.5 Å². The van der Waals surface area contributed by atoms with Gasteiger partial charge in [-0.3, -0.25) is 9.00 Å². The molecule has 5 heteroatoms. The number of hydrogen-bond acceptors (Lipinski definition) is 4. The molecular formula is C14H20O4S. The van der Waals surface area contributed by atoms with Crippen LogP contribution in [0, 0.1) is 0 Å². The Morgan fingerprint density at radius 1 is 1.37 bits per heavy atom. The fraction of sp³-hybridized carbons (Fsp3) is 0.500. The van der Waals surface area contributed by atoms with Crippen LogP contribution in [0.4, 0.5) is 0 Å². The summed E-state index contributed by atoms with van der Waals surface area (Å²) < 4.78 is 16.5. The van der Waals surface area contributed by atoms with E-state index in [2.05, 4.69) is 0 Å². The van der Waals surface area contributed by atoms with Crippen molar-refractivity contribution in [3.63, 3.8) is 0 Å². The van der Waals surface area contributed by atoms with Crippen molar-refractivity contribution >= 4 is 16.6 Å². The van der Waals surface area contributed by atoms with E-state index in [0.29, 0.717) is 12.2 Å². The molecule has 0 saturated carbocycles. The summed E-state index contributed by atoms with van der Waals surface area (Å²) in [5.41, 5.74) is 0. The van der Waals surface area contributed by atoms with Gasteiger partial charge >= 0.3 is 0 Å². The van der Waals surface area contributed by atoms with Crippen LogP contribution < -0.4 is 4.74 Å². The number of Topliss-reactive ketones (excluding diaryl/α,β-unsaturated/α-hetero) is 1. The van der Waals surface area contributed by atoms with Crippen molar-refractivity contribution in [1.82, 2.24) is 0 Å². The Labute approximate surface area is 116 Å². The molecule has 0 aliphatic carbocycles. The number of phenolic OH excluding ortho intramolecular Hbond substituents is 1. The molecule has 0 saturated heterocycles. The Hall–Kier alpha value is -1.36. The minimum Gasteiger partial charge on any atom is -0.508 e. The lowest BCUT2D eigenvalue weighted by atomic mass is 10.1. The first-order valence-corrected chi connectivity index (χ1v) is 7.97. The molecule has 19 heavy (non-hydrogen) atoms. The number of hydrogen-bond donors (Lipinski definition) is 1. The summed E-state index contributed by atoms with van der Waals surface area (Å²) in [5, 5.41) is 9.15. The van der Waals surface area contributed by atoms with Crippen molar-refractivity contribution in [3.05, 3.63) is 24.3 Å². The maximum Gasteiger partial charge on any atom is 0.145 e. The summed E-state index contributed by atoms with van der Waals surface area (Å²) in [6, 6.07) is 6.55. The van der Waals surface area contributed by atoms with Crippen molar-refractivity contribution in [2.75, 3.05) is 12.0 Å². The van der Waals surface area contributed by atoms with Gasteiger partial charge in [-0.05, 0) is 44.0 Å². The van der Waals surface area contributed by atoms with E-state index in [1.165, 1.54) is 6.26 Å². The average Bonchev–Trinajstić information content (AvgIpc) is 2.31. The third kappa shape index (κ3) is 6.96. The van der Waals surface area contributed by atoms with Crippen LogP contribution in [-0.4, -0.2) is 33.2 Å². The maximum atomic E-state index is 11.4. The summed E-state index contributed by atoms with van der Waals surface area (Å²) in [7, 11) is -1.05. The van der Waals surface area contributed by atoms with Crippen molar-refractivity contribution in [1.29, 1.82) is 0 Å². The molecule has 1 aromatic rings. The molecule has 0 bridgehead atoms. The van der Waals surface area contributed by atoms with Gasteiger partial charge in [-0.15, -0.1) is 0 Å². The normalized spacial score (nSPS) is 13.8. The fourth-order valence-corrected chi connectivity index (χ4v) is 2.30. The van der Waals surface area contributed by atoms with Gasteiger partial charge in [0.05, 0.1) is 11.9 Å². The first-order valence-electron chi connectivity index (χ1n) is 6.25. The first-order chi connectivity index (χ1) is 8.97. The molecule has 0 radical (unpaired) electrons. The number of benzene rings is 1. The van der Waals surface area contributed by atoms with Gasteiger partial charge in [0.15, 0.2) is 0 Å². The van der Waals surface area contributed by atoms with Gasteiger partial charge in [0.25, 0.3) is 0 Å². The van der Waals surface area contributed by atoms with Crippen LogP contribution in [0.5, 0.6) is 11.5 Å². The Morgan fingerprint density at radius 3 is 2.58 bits per heavy atom. The van der Waals surface area contributed by atoms with Crippen molar-refractivity contribution in [3.8, 4) is 11.5 Å². The molecule has 4 nitrogen and oxygen atoms in total. The number of ketones is 1. The molecule has 0 spiro atoms. The van der Waals surface area contributed by atoms with Crippen LogP contribution in [0.25, 0.3) is 0 Å². The second kappa shape index (κ2) is 7.94. The second-order valence-electron chi connectivity index (χ2n) is 4.57. The van der Waals surface area contributed by atoms with Crippen LogP contribution in [0.3, 0.4) is 0 Å². The van der Waals surface area contributed by atoms with E-state index < -0.39 is 10.8 Å². The number of phenols is 1. The highest BCUT2D eigenvalue weighted by Gasteiger charge is 2.08. The van der Waals surface area contributed by atoms with E-state index in [1.807, 2.05) is 6.92 Å². The van der Waals surface area contributed by atoms with Gasteiger partial charge in [-0.1, -0.05) is 0 Å². The van der Waals surface area contributed by atoms with E-state index in [4.69, 9.17) is 9.84 Å². The molecule has 106 valence electrons. The van der Waals surface area contributed by atoms with Crippen LogP contribution in [0.15, 0.2) is 24.3 Å². The lowest BCUT2D eigenvalue weighted by Gasteiger charge is -2.14. The minimum absolute atomic E-state index is 0.00414. The Balaban J connectivity index is 2.24. The Morgan fingerprint density at radius 2 is 2.00 bits per heavy atom. The summed E-state index contributed by atoms with van der Waals surface area (Å²) >= 11 is 0. The van der Waals surface area contributed by atoms with Crippen LogP contribution in [0.1, 0.15) is 26.2 Å². The van der Waals surface area contributed by atoms with Gasteiger partial charge < -0.3 is 9.84 Å². The zero-order valence-corrected chi connectivity index (χ0v) is 12.1. The van der Waals surface area contributed by atoms with Crippen molar-refractivity contribution in [2.24, 2.45) is 0 Å². The maximum absolute atomic E-state index is 11.4. The third-order valence-corrected chi connectivity index (χ3v) is 3.33. The highest BCUT2D eigenvalue weighted by molar-refractivity contribution is 7.85. The molecule has 0 amide bonds. The smallest absolute Gasteiger partial charge is 0.145 e. The molecular weight excluding hydrogens is 264 g/mol. The lowest BCUT2D eigenvalue weighted by Crippen LogP contribution is -2.14. The highest BCUT2D eigenvalue weighted by Crippen LogP contribution is 2.18. The quantitative estimate of drug-likeness (QED) is 0.795. The average molecular weight is 284 g/mol. The van der Waals surface area contributed by atoms with E-state index in [-0.39, 0.29) is 23.4 Å². The SMILES string of the molecule is CC(CCCC(=O)CS(C)=O)Oc1ccc(O)cc1. The summed E-state index contributed by atoms with van der Waals surface area (Å²) in [6.07, 6.45) is 3.49. The zero-order chi connectivity index (χ0) is 14.3. The van der Waals surface area contributed by atoms with E-state index in [9.17, 15) is 9.00 Å². The third-order valence-electron chi connectivity index (χ3n) is 2.60. The predicted molar refractivity (Wildman–Crippen MR) is 76.0 cm³/mol. The van der Waals surface area contributed by atoms with E-state index >= 15 is 0 Å². The summed E-state index contributed by atoms with van der Waals surface area (Å²) in [5.74, 6) is 1.09. The van der Waals surface area contributed by atoms with Crippen LogP contribution >= 0.6 is 0 Å². The second-order valence-corrected chi connectivity index (χ2v) is 6.01. The molecule has 0 aliphatic rings. The van der Waals surface area contributed by atoms with Crippen molar-refractivity contribution in [2.45, 2.75) is 32.3 Å². The van der Waals surface area contributed by atoms with Crippen molar-refractivity contribution < 1.29 is 18.8 Å². The van der Waals surface area contributed by atoms with Gasteiger partial charge in [0.2, 0.25) is 0 Å². The molecule has 2 unspecified atom stereocenters. The monoisotopic (exact) mass is 284 g/mol. The van der Waals surface area contributed by atoms with Gasteiger partial charge in [-0.2, -0.15) is 0 Å². The number of carbonyl (C=O) groups is 1. The molecule has 0 fully saturated rings. The molecule has 1 N–H and O–H groups in total. The Bertz CT molecular complexity index is 428. The van der Waals surface area contributed by atoms with Crippen LogP contribution in [-0.2, 0) is 15.6 Å². The van der Waals surface area contributed by atoms with Gasteiger partial charge in [-0.25, -0.2) is 0 Å². The number of rotatable bonds is 8. The highest BCUT2D eigenvalue weighted by atomic mass is 32.2. The van der Waals surface area contributed by atoms with Crippen LogP contribution in [0.2, 0.25) is 0 Å².